The first kappa shape index (κ1) is 22.3. The van der Waals surface area contributed by atoms with E-state index in [9.17, 15) is 0 Å². The topological polar surface area (TPSA) is 67.7 Å². The van der Waals surface area contributed by atoms with Gasteiger partial charge in [-0.1, -0.05) is 39.8 Å². The molecule has 1 aromatic carbocycles. The number of aryl methyl sites for hydroxylation is 2. The highest BCUT2D eigenvalue weighted by Crippen LogP contribution is 2.40. The molecule has 1 saturated carbocycles. The highest BCUT2D eigenvalue weighted by Gasteiger charge is 2.27. The maximum absolute atomic E-state index is 4.67. The number of hydrogen-bond acceptors (Lipinski definition) is 5. The lowest BCUT2D eigenvalue weighted by atomic mass is 10.0. The van der Waals surface area contributed by atoms with Gasteiger partial charge in [0, 0.05) is 30.9 Å². The zero-order valence-electron chi connectivity index (χ0n) is 18.6. The van der Waals surface area contributed by atoms with Gasteiger partial charge in [0.25, 0.3) is 0 Å². The van der Waals surface area contributed by atoms with E-state index in [1.54, 1.807) is 6.20 Å². The smallest absolute Gasteiger partial charge is 0.229 e. The standard InChI is InChI=1S/C21H25BrN6.C2H6/c1-12(2)15-6-5-13(3)17(9-15)24-21-23-11-16(22)20(26-21)25-19-10-18(14-7-8-14)27-28(19)4;1-2/h5-6,9-12,14H,7-8H2,1-4H3,(H2,23,24,25,26);1-2H3. The number of nitrogens with one attached hydrogen (secondary N) is 2. The second-order valence-electron chi connectivity index (χ2n) is 7.72. The zero-order chi connectivity index (χ0) is 21.8. The van der Waals surface area contributed by atoms with Crippen LogP contribution in [0.1, 0.15) is 69.2 Å². The fourth-order valence-corrected chi connectivity index (χ4v) is 3.37. The first-order valence-corrected chi connectivity index (χ1v) is 11.4. The van der Waals surface area contributed by atoms with Crippen molar-refractivity contribution in [2.24, 2.45) is 7.05 Å². The van der Waals surface area contributed by atoms with E-state index in [1.807, 2.05) is 25.6 Å². The molecule has 7 heteroatoms. The summed E-state index contributed by atoms with van der Waals surface area (Å²) in [7, 11) is 1.95. The van der Waals surface area contributed by atoms with Crippen molar-refractivity contribution in [1.82, 2.24) is 19.7 Å². The second kappa shape index (κ2) is 9.60. The lowest BCUT2D eigenvalue weighted by Crippen LogP contribution is -2.05. The van der Waals surface area contributed by atoms with E-state index in [-0.39, 0.29) is 0 Å². The van der Waals surface area contributed by atoms with Crippen LogP contribution in [0, 0.1) is 6.92 Å². The Balaban J connectivity index is 0.00000124. The summed E-state index contributed by atoms with van der Waals surface area (Å²) in [5, 5.41) is 11.3. The van der Waals surface area contributed by atoms with Crippen molar-refractivity contribution in [3.8, 4) is 0 Å². The predicted molar refractivity (Wildman–Crippen MR) is 128 cm³/mol. The quantitative estimate of drug-likeness (QED) is 0.414. The molecule has 1 aliphatic rings. The molecule has 2 N–H and O–H groups in total. The molecule has 0 spiro atoms. The molecule has 6 nitrogen and oxygen atoms in total. The highest BCUT2D eigenvalue weighted by atomic mass is 79.9. The Morgan fingerprint density at radius 1 is 1.13 bits per heavy atom. The van der Waals surface area contributed by atoms with E-state index in [2.05, 4.69) is 86.7 Å². The number of aromatic nitrogens is 4. The molecule has 0 atom stereocenters. The molecule has 2 heterocycles. The van der Waals surface area contributed by atoms with Crippen LogP contribution in [-0.4, -0.2) is 19.7 Å². The summed E-state index contributed by atoms with van der Waals surface area (Å²) in [6.07, 6.45) is 4.23. The molecule has 3 aromatic rings. The van der Waals surface area contributed by atoms with Crippen LogP contribution < -0.4 is 10.6 Å². The molecule has 0 aliphatic heterocycles. The number of anilines is 4. The number of benzene rings is 1. The van der Waals surface area contributed by atoms with Gasteiger partial charge in [0.2, 0.25) is 5.95 Å². The molecule has 160 valence electrons. The summed E-state index contributed by atoms with van der Waals surface area (Å²) >= 11 is 3.55. The zero-order valence-corrected chi connectivity index (χ0v) is 20.2. The van der Waals surface area contributed by atoms with E-state index < -0.39 is 0 Å². The fraction of sp³-hybridized carbons (Fsp3) is 0.435. The number of rotatable bonds is 6. The number of halogens is 1. The fourth-order valence-electron chi connectivity index (χ4n) is 3.08. The normalized spacial score (nSPS) is 13.1. The Morgan fingerprint density at radius 2 is 1.87 bits per heavy atom. The van der Waals surface area contributed by atoms with Crippen molar-refractivity contribution in [2.45, 2.75) is 59.3 Å². The molecule has 0 amide bonds. The Labute approximate surface area is 187 Å². The predicted octanol–water partition coefficient (Wildman–Crippen LogP) is 6.80. The van der Waals surface area contributed by atoms with Crippen LogP contribution in [0.2, 0.25) is 0 Å². The van der Waals surface area contributed by atoms with Gasteiger partial charge in [0.15, 0.2) is 5.82 Å². The summed E-state index contributed by atoms with van der Waals surface area (Å²) in [6, 6.07) is 8.57. The van der Waals surface area contributed by atoms with Gasteiger partial charge < -0.3 is 10.6 Å². The van der Waals surface area contributed by atoms with Crippen molar-refractivity contribution in [3.05, 3.63) is 51.8 Å². The lowest BCUT2D eigenvalue weighted by molar-refractivity contribution is 0.750. The van der Waals surface area contributed by atoms with Crippen LogP contribution in [0.3, 0.4) is 0 Å². The molecule has 4 rings (SSSR count). The van der Waals surface area contributed by atoms with Crippen molar-refractivity contribution in [3.63, 3.8) is 0 Å². The van der Waals surface area contributed by atoms with Crippen molar-refractivity contribution in [2.75, 3.05) is 10.6 Å². The van der Waals surface area contributed by atoms with E-state index in [0.29, 0.717) is 23.6 Å². The molecule has 2 aromatic heterocycles. The molecular formula is C23H31BrN6. The van der Waals surface area contributed by atoms with Gasteiger partial charge in [-0.2, -0.15) is 10.1 Å². The first-order valence-electron chi connectivity index (χ1n) is 10.6. The maximum Gasteiger partial charge on any atom is 0.229 e. The average molecular weight is 471 g/mol. The monoisotopic (exact) mass is 470 g/mol. The third kappa shape index (κ3) is 5.19. The van der Waals surface area contributed by atoms with Gasteiger partial charge in [-0.05, 0) is 58.8 Å². The number of nitrogens with zero attached hydrogens (tertiary/aromatic N) is 4. The van der Waals surface area contributed by atoms with Gasteiger partial charge in [-0.3, -0.25) is 4.68 Å². The largest absolute Gasteiger partial charge is 0.324 e. The molecule has 0 saturated heterocycles. The number of hydrogen-bond donors (Lipinski definition) is 2. The van der Waals surface area contributed by atoms with Crippen molar-refractivity contribution >= 4 is 39.2 Å². The van der Waals surface area contributed by atoms with Crippen LogP contribution in [-0.2, 0) is 7.05 Å². The summed E-state index contributed by atoms with van der Waals surface area (Å²) in [4.78, 5) is 9.09. The Morgan fingerprint density at radius 3 is 2.53 bits per heavy atom. The average Bonchev–Trinajstić information content (AvgIpc) is 3.51. The van der Waals surface area contributed by atoms with E-state index in [1.165, 1.54) is 18.4 Å². The molecule has 1 aliphatic carbocycles. The van der Waals surface area contributed by atoms with Crippen molar-refractivity contribution < 1.29 is 0 Å². The summed E-state index contributed by atoms with van der Waals surface area (Å²) in [6.45, 7) is 10.5. The SMILES string of the molecule is CC.Cc1ccc(C(C)C)cc1Nc1ncc(Br)c(Nc2cc(C3CC3)nn2C)n1. The Kier molecular flexibility index (Phi) is 7.13. The molecule has 0 bridgehead atoms. The third-order valence-corrected chi connectivity index (χ3v) is 5.64. The van der Waals surface area contributed by atoms with E-state index in [0.717, 1.165) is 27.2 Å². The minimum atomic E-state index is 0.467. The van der Waals surface area contributed by atoms with Crippen LogP contribution in [0.15, 0.2) is 34.9 Å². The minimum absolute atomic E-state index is 0.467. The molecule has 0 radical (unpaired) electrons. The van der Waals surface area contributed by atoms with Gasteiger partial charge >= 0.3 is 0 Å². The van der Waals surface area contributed by atoms with Gasteiger partial charge in [-0.25, -0.2) is 4.98 Å². The third-order valence-electron chi connectivity index (χ3n) is 5.06. The second-order valence-corrected chi connectivity index (χ2v) is 8.58. The first-order chi connectivity index (χ1) is 14.4. The van der Waals surface area contributed by atoms with Crippen LogP contribution in [0.25, 0.3) is 0 Å². The van der Waals surface area contributed by atoms with E-state index in [4.69, 9.17) is 0 Å². The van der Waals surface area contributed by atoms with Gasteiger partial charge in [0.05, 0.1) is 10.2 Å². The Bertz CT molecular complexity index is 1010. The maximum atomic E-state index is 4.67. The summed E-state index contributed by atoms with van der Waals surface area (Å²) < 4.78 is 2.67. The van der Waals surface area contributed by atoms with E-state index >= 15 is 0 Å². The lowest BCUT2D eigenvalue weighted by Gasteiger charge is -2.14. The molecule has 0 unspecified atom stereocenters. The minimum Gasteiger partial charge on any atom is -0.324 e. The summed E-state index contributed by atoms with van der Waals surface area (Å²) in [5.41, 5.74) is 4.61. The highest BCUT2D eigenvalue weighted by molar-refractivity contribution is 9.10. The summed E-state index contributed by atoms with van der Waals surface area (Å²) in [5.74, 6) is 3.27. The Hall–Kier alpha value is -2.41. The van der Waals surface area contributed by atoms with Gasteiger partial charge in [0.1, 0.15) is 5.82 Å². The van der Waals surface area contributed by atoms with Gasteiger partial charge in [-0.15, -0.1) is 0 Å². The van der Waals surface area contributed by atoms with Crippen LogP contribution >= 0.6 is 15.9 Å². The van der Waals surface area contributed by atoms with Crippen LogP contribution in [0.5, 0.6) is 0 Å². The molecule has 30 heavy (non-hydrogen) atoms. The molecule has 1 fully saturated rings. The van der Waals surface area contributed by atoms with Crippen molar-refractivity contribution in [1.29, 1.82) is 0 Å². The van der Waals surface area contributed by atoms with Crippen LogP contribution in [0.4, 0.5) is 23.3 Å². The molecular weight excluding hydrogens is 440 g/mol.